The van der Waals surface area contributed by atoms with Crippen LogP contribution in [0.2, 0.25) is 0 Å². The van der Waals surface area contributed by atoms with Crippen LogP contribution in [0, 0.1) is 11.8 Å². The first-order chi connectivity index (χ1) is 14.5. The number of hydrogen-bond donors (Lipinski definition) is 1. The molecule has 0 amide bonds. The highest BCUT2D eigenvalue weighted by atomic mass is 32.2. The Balaban J connectivity index is 1.60. The van der Waals surface area contributed by atoms with E-state index in [0.29, 0.717) is 13.0 Å². The summed E-state index contributed by atoms with van der Waals surface area (Å²) in [6, 6.07) is 16.4. The summed E-state index contributed by atoms with van der Waals surface area (Å²) in [5.41, 5.74) is 3.19. The zero-order valence-electron chi connectivity index (χ0n) is 17.2. The molecule has 0 saturated heterocycles. The van der Waals surface area contributed by atoms with Crippen molar-refractivity contribution >= 4 is 10.0 Å². The minimum absolute atomic E-state index is 0.223. The van der Waals surface area contributed by atoms with E-state index in [1.807, 2.05) is 30.3 Å². The van der Waals surface area contributed by atoms with E-state index in [9.17, 15) is 8.42 Å². The van der Waals surface area contributed by atoms with Crippen molar-refractivity contribution in [3.05, 3.63) is 89.9 Å². The minimum atomic E-state index is -3.54. The Morgan fingerprint density at radius 1 is 1.03 bits per heavy atom. The molecule has 1 N–H and O–H groups in total. The molecule has 0 unspecified atom stereocenters. The quantitative estimate of drug-likeness (QED) is 0.623. The maximum Gasteiger partial charge on any atom is 0.233 e. The Labute approximate surface area is 179 Å². The van der Waals surface area contributed by atoms with Gasteiger partial charge in [-0.2, -0.15) is 0 Å². The van der Waals surface area contributed by atoms with Gasteiger partial charge in [-0.05, 0) is 72.8 Å². The van der Waals surface area contributed by atoms with Crippen LogP contribution in [-0.2, 0) is 29.5 Å². The summed E-state index contributed by atoms with van der Waals surface area (Å²) in [5.74, 6) is 1.32. The van der Waals surface area contributed by atoms with Gasteiger partial charge < -0.3 is 4.74 Å². The van der Waals surface area contributed by atoms with Gasteiger partial charge in [0.05, 0.1) is 0 Å². The predicted molar refractivity (Wildman–Crippen MR) is 121 cm³/mol. The molecule has 30 heavy (non-hydrogen) atoms. The van der Waals surface area contributed by atoms with E-state index in [4.69, 9.17) is 4.74 Å². The van der Waals surface area contributed by atoms with Crippen LogP contribution < -0.4 is 9.46 Å². The summed E-state index contributed by atoms with van der Waals surface area (Å²) >= 11 is 0. The highest BCUT2D eigenvalue weighted by Crippen LogP contribution is 2.50. The van der Waals surface area contributed by atoms with Crippen LogP contribution in [-0.4, -0.2) is 14.0 Å². The lowest BCUT2D eigenvalue weighted by Crippen LogP contribution is -2.54. The summed E-state index contributed by atoms with van der Waals surface area (Å²) in [5, 5.41) is 1.02. The largest absolute Gasteiger partial charge is 0.489 e. The molecule has 0 aromatic heterocycles. The maximum absolute atomic E-state index is 12.4. The molecule has 2 aromatic rings. The first-order valence-corrected chi connectivity index (χ1v) is 12.1. The van der Waals surface area contributed by atoms with Gasteiger partial charge in [0.25, 0.3) is 0 Å². The summed E-state index contributed by atoms with van der Waals surface area (Å²) in [6.45, 7) is 7.94. The Morgan fingerprint density at radius 2 is 1.73 bits per heavy atom. The second-order valence-electron chi connectivity index (χ2n) is 8.43. The highest BCUT2D eigenvalue weighted by Gasteiger charge is 2.52. The molecule has 4 rings (SSSR count). The van der Waals surface area contributed by atoms with Crippen molar-refractivity contribution in [2.75, 3.05) is 0 Å². The number of benzene rings is 2. The lowest BCUT2D eigenvalue weighted by molar-refractivity contribution is 0.226. The van der Waals surface area contributed by atoms with E-state index >= 15 is 0 Å². The van der Waals surface area contributed by atoms with Gasteiger partial charge in [-0.3, -0.25) is 0 Å². The third-order valence-electron chi connectivity index (χ3n) is 6.71. The van der Waals surface area contributed by atoms with E-state index in [-0.39, 0.29) is 11.8 Å². The number of ether oxygens (including phenoxy) is 1. The molecule has 2 aliphatic rings. The second-order valence-corrected chi connectivity index (χ2v) is 10.1. The standard InChI is InChI=1S/C25H29NO3S/c1-3-14-25(26-30(27,28)4-2)22-11-12-23(25)16-21-17-24(13-10-20(21)15-22)29-18-19-8-6-5-7-9-19/h3-10,13,17,22-23,26H,1-2,11-12,14-16,18H2/t22-,23+,25-/m1/s1. The van der Waals surface area contributed by atoms with Crippen LogP contribution in [0.3, 0.4) is 0 Å². The van der Waals surface area contributed by atoms with Gasteiger partial charge >= 0.3 is 0 Å². The minimum Gasteiger partial charge on any atom is -0.489 e. The van der Waals surface area contributed by atoms with Crippen molar-refractivity contribution in [1.29, 1.82) is 0 Å². The average Bonchev–Trinajstić information content (AvgIpc) is 2.97. The molecule has 4 nitrogen and oxygen atoms in total. The molecular weight excluding hydrogens is 394 g/mol. The number of fused-ring (bicyclic) bond motifs is 3. The molecule has 0 heterocycles. The van der Waals surface area contributed by atoms with Crippen molar-refractivity contribution in [2.24, 2.45) is 11.8 Å². The lowest BCUT2D eigenvalue weighted by atomic mass is 9.77. The molecule has 158 valence electrons. The Bertz CT molecular complexity index is 1030. The fraction of sp³-hybridized carbons (Fsp3) is 0.360. The zero-order chi connectivity index (χ0) is 21.2. The molecule has 2 aromatic carbocycles. The normalized spacial score (nSPS) is 25.2. The van der Waals surface area contributed by atoms with Gasteiger partial charge in [0.1, 0.15) is 12.4 Å². The molecule has 2 aliphatic carbocycles. The zero-order valence-corrected chi connectivity index (χ0v) is 18.0. The summed E-state index contributed by atoms with van der Waals surface area (Å²) in [7, 11) is -3.54. The SMILES string of the molecule is C=CC[C@@]1(NS(=O)(=O)C=C)[C@@H]2CC[C@H]1Cc1cc(OCc3ccccc3)ccc1C2. The highest BCUT2D eigenvalue weighted by molar-refractivity contribution is 7.92. The van der Waals surface area contributed by atoms with Crippen LogP contribution in [0.1, 0.15) is 36.0 Å². The molecule has 2 bridgehead atoms. The van der Waals surface area contributed by atoms with Crippen LogP contribution in [0.25, 0.3) is 0 Å². The van der Waals surface area contributed by atoms with Crippen LogP contribution in [0.4, 0.5) is 0 Å². The van der Waals surface area contributed by atoms with Gasteiger partial charge in [-0.25, -0.2) is 13.1 Å². The first-order valence-electron chi connectivity index (χ1n) is 10.5. The molecule has 1 saturated carbocycles. The summed E-state index contributed by atoms with van der Waals surface area (Å²) in [4.78, 5) is 0. The van der Waals surface area contributed by atoms with E-state index in [0.717, 1.165) is 42.4 Å². The second kappa shape index (κ2) is 8.40. The average molecular weight is 424 g/mol. The van der Waals surface area contributed by atoms with Crippen LogP contribution in [0.5, 0.6) is 5.75 Å². The fourth-order valence-electron chi connectivity index (χ4n) is 5.26. The Morgan fingerprint density at radius 3 is 2.40 bits per heavy atom. The predicted octanol–water partition coefficient (Wildman–Crippen LogP) is 4.77. The molecule has 3 atom stereocenters. The number of nitrogens with one attached hydrogen (secondary N) is 1. The Hall–Kier alpha value is -2.37. The van der Waals surface area contributed by atoms with E-state index < -0.39 is 15.6 Å². The number of sulfonamides is 1. The van der Waals surface area contributed by atoms with Gasteiger partial charge in [-0.15, -0.1) is 6.58 Å². The topological polar surface area (TPSA) is 55.4 Å². The van der Waals surface area contributed by atoms with Crippen LogP contribution >= 0.6 is 0 Å². The number of hydrogen-bond acceptors (Lipinski definition) is 3. The van der Waals surface area contributed by atoms with E-state index in [2.05, 4.69) is 42.1 Å². The van der Waals surface area contributed by atoms with E-state index in [1.54, 1.807) is 0 Å². The molecule has 1 fully saturated rings. The molecule has 0 spiro atoms. The lowest BCUT2D eigenvalue weighted by Gasteiger charge is -2.38. The molecule has 0 aliphatic heterocycles. The van der Waals surface area contributed by atoms with E-state index in [1.165, 1.54) is 11.1 Å². The third-order valence-corrected chi connectivity index (χ3v) is 7.82. The van der Waals surface area contributed by atoms with Gasteiger partial charge in [-0.1, -0.05) is 49.1 Å². The van der Waals surface area contributed by atoms with Gasteiger partial charge in [0.2, 0.25) is 10.0 Å². The maximum atomic E-state index is 12.4. The first kappa shape index (κ1) is 20.9. The van der Waals surface area contributed by atoms with Gasteiger partial charge in [0.15, 0.2) is 0 Å². The monoisotopic (exact) mass is 423 g/mol. The third kappa shape index (κ3) is 4.09. The van der Waals surface area contributed by atoms with Crippen molar-refractivity contribution in [3.63, 3.8) is 0 Å². The fourth-order valence-corrected chi connectivity index (χ4v) is 6.29. The van der Waals surface area contributed by atoms with Crippen molar-refractivity contribution < 1.29 is 13.2 Å². The van der Waals surface area contributed by atoms with Gasteiger partial charge in [0, 0.05) is 10.9 Å². The molecule has 5 heteroatoms. The van der Waals surface area contributed by atoms with Crippen molar-refractivity contribution in [1.82, 2.24) is 4.72 Å². The number of rotatable bonds is 8. The van der Waals surface area contributed by atoms with Crippen molar-refractivity contribution in [3.8, 4) is 5.75 Å². The molecule has 0 radical (unpaired) electrons. The summed E-state index contributed by atoms with van der Waals surface area (Å²) in [6.07, 6.45) is 6.19. The van der Waals surface area contributed by atoms with Crippen molar-refractivity contribution in [2.45, 2.75) is 44.2 Å². The summed E-state index contributed by atoms with van der Waals surface area (Å²) < 4.78 is 33.9. The van der Waals surface area contributed by atoms with Crippen LogP contribution in [0.15, 0.2) is 73.2 Å². The molecular formula is C25H29NO3S. The Kier molecular flexibility index (Phi) is 5.85. The smallest absolute Gasteiger partial charge is 0.233 e.